The molecule has 0 saturated heterocycles. The van der Waals surface area contributed by atoms with Gasteiger partial charge in [-0.1, -0.05) is 35.9 Å². The molecule has 1 atom stereocenters. The fraction of sp³-hybridized carbons (Fsp3) is 0.300. The number of hydrogen-bond donors (Lipinski definition) is 1. The van der Waals surface area contributed by atoms with Crippen LogP contribution in [0.3, 0.4) is 0 Å². The third-order valence-corrected chi connectivity index (χ3v) is 4.51. The van der Waals surface area contributed by atoms with Crippen molar-refractivity contribution in [3.05, 3.63) is 58.7 Å². The summed E-state index contributed by atoms with van der Waals surface area (Å²) in [6.45, 7) is 5.94. The first kappa shape index (κ1) is 17.0. The van der Waals surface area contributed by atoms with Gasteiger partial charge in [0.25, 0.3) is 5.91 Å². The number of carbonyl (C=O) groups excluding carboxylic acids is 1. The van der Waals surface area contributed by atoms with Crippen molar-refractivity contribution in [3.63, 3.8) is 0 Å². The molecule has 1 aliphatic heterocycles. The smallest absolute Gasteiger partial charge is 0.312 e. The van der Waals surface area contributed by atoms with Gasteiger partial charge in [0.1, 0.15) is 11.7 Å². The van der Waals surface area contributed by atoms with E-state index in [1.54, 1.807) is 24.3 Å². The Morgan fingerprint density at radius 1 is 1.16 bits per heavy atom. The number of ether oxygens (including phenoxy) is 1. The molecule has 0 aromatic heterocycles. The van der Waals surface area contributed by atoms with Crippen LogP contribution in [0.1, 0.15) is 28.2 Å². The lowest BCUT2D eigenvalue weighted by Gasteiger charge is -2.19. The SMILES string of the molecule is Cc1cc(C)c(OCC(=O)N2CC(C(=O)O)c3ccccc32)c(C)c1. The summed E-state index contributed by atoms with van der Waals surface area (Å²) in [6.07, 6.45) is 0. The molecule has 0 bridgehead atoms. The van der Waals surface area contributed by atoms with Crippen LogP contribution >= 0.6 is 0 Å². The molecule has 2 aromatic rings. The van der Waals surface area contributed by atoms with Gasteiger partial charge < -0.3 is 14.7 Å². The largest absolute Gasteiger partial charge is 0.483 e. The van der Waals surface area contributed by atoms with Gasteiger partial charge in [-0.25, -0.2) is 0 Å². The lowest BCUT2D eigenvalue weighted by molar-refractivity contribution is -0.138. The number of carbonyl (C=O) groups is 2. The van der Waals surface area contributed by atoms with Crippen molar-refractivity contribution in [2.24, 2.45) is 0 Å². The fourth-order valence-electron chi connectivity index (χ4n) is 3.46. The van der Waals surface area contributed by atoms with Crippen LogP contribution in [-0.4, -0.2) is 30.1 Å². The molecule has 0 aliphatic carbocycles. The van der Waals surface area contributed by atoms with Crippen LogP contribution in [-0.2, 0) is 9.59 Å². The predicted octanol–water partition coefficient (Wildman–Crippen LogP) is 3.21. The van der Waals surface area contributed by atoms with Crippen molar-refractivity contribution in [1.29, 1.82) is 0 Å². The molecule has 5 nitrogen and oxygen atoms in total. The number of anilines is 1. The van der Waals surface area contributed by atoms with E-state index in [-0.39, 0.29) is 19.1 Å². The van der Waals surface area contributed by atoms with Crippen LogP contribution < -0.4 is 9.64 Å². The molecule has 2 aromatic carbocycles. The van der Waals surface area contributed by atoms with Gasteiger partial charge in [0.05, 0.1) is 0 Å². The van der Waals surface area contributed by atoms with Crippen molar-refractivity contribution in [3.8, 4) is 5.75 Å². The van der Waals surface area contributed by atoms with Crippen LogP contribution in [0.5, 0.6) is 5.75 Å². The Labute approximate surface area is 146 Å². The number of amides is 1. The number of benzene rings is 2. The highest BCUT2D eigenvalue weighted by atomic mass is 16.5. The molecule has 130 valence electrons. The van der Waals surface area contributed by atoms with Gasteiger partial charge in [-0.2, -0.15) is 0 Å². The highest BCUT2D eigenvalue weighted by molar-refractivity contribution is 5.99. The zero-order valence-electron chi connectivity index (χ0n) is 14.6. The molecule has 0 spiro atoms. The molecule has 0 saturated carbocycles. The normalized spacial score (nSPS) is 15.8. The topological polar surface area (TPSA) is 66.8 Å². The number of aliphatic carboxylic acids is 1. The van der Waals surface area contributed by atoms with E-state index in [9.17, 15) is 14.7 Å². The minimum atomic E-state index is -0.922. The molecule has 3 rings (SSSR count). The maximum atomic E-state index is 12.6. The Morgan fingerprint density at radius 3 is 2.44 bits per heavy atom. The molecule has 25 heavy (non-hydrogen) atoms. The number of carboxylic acid groups (broad SMARTS) is 1. The Hall–Kier alpha value is -2.82. The van der Waals surface area contributed by atoms with Crippen LogP contribution in [0.25, 0.3) is 0 Å². The molecular weight excluding hydrogens is 318 g/mol. The summed E-state index contributed by atoms with van der Waals surface area (Å²) < 4.78 is 5.77. The molecule has 5 heteroatoms. The zero-order valence-corrected chi connectivity index (χ0v) is 14.6. The Morgan fingerprint density at radius 2 is 1.80 bits per heavy atom. The molecule has 0 radical (unpaired) electrons. The van der Waals surface area contributed by atoms with Gasteiger partial charge in [-0.15, -0.1) is 0 Å². The molecule has 1 heterocycles. The minimum Gasteiger partial charge on any atom is -0.483 e. The maximum absolute atomic E-state index is 12.6. The Kier molecular flexibility index (Phi) is 4.49. The summed E-state index contributed by atoms with van der Waals surface area (Å²) in [4.78, 5) is 25.6. The maximum Gasteiger partial charge on any atom is 0.312 e. The first-order valence-corrected chi connectivity index (χ1v) is 8.21. The first-order valence-electron chi connectivity index (χ1n) is 8.21. The second kappa shape index (κ2) is 6.59. The van der Waals surface area contributed by atoms with E-state index in [2.05, 4.69) is 0 Å². The number of hydrogen-bond acceptors (Lipinski definition) is 3. The van der Waals surface area contributed by atoms with Crippen LogP contribution in [0.4, 0.5) is 5.69 Å². The van der Waals surface area contributed by atoms with Gasteiger partial charge in [-0.05, 0) is 43.5 Å². The summed E-state index contributed by atoms with van der Waals surface area (Å²) >= 11 is 0. The van der Waals surface area contributed by atoms with Gasteiger partial charge in [0.15, 0.2) is 6.61 Å². The fourth-order valence-corrected chi connectivity index (χ4v) is 3.46. The van der Waals surface area contributed by atoms with E-state index in [1.165, 1.54) is 4.90 Å². The molecule has 1 aliphatic rings. The third kappa shape index (κ3) is 3.22. The van der Waals surface area contributed by atoms with Crippen molar-refractivity contribution in [2.75, 3.05) is 18.1 Å². The molecule has 1 amide bonds. The summed E-state index contributed by atoms with van der Waals surface area (Å²) in [5.74, 6) is -1.14. The lowest BCUT2D eigenvalue weighted by Crippen LogP contribution is -2.35. The number of nitrogens with zero attached hydrogens (tertiary/aromatic N) is 1. The molecular formula is C20H21NO4. The summed E-state index contributed by atoms with van der Waals surface area (Å²) in [6, 6.07) is 11.2. The van der Waals surface area contributed by atoms with E-state index in [0.29, 0.717) is 17.0 Å². The van der Waals surface area contributed by atoms with Gasteiger partial charge in [0.2, 0.25) is 0 Å². The van der Waals surface area contributed by atoms with Crippen LogP contribution in [0.2, 0.25) is 0 Å². The number of para-hydroxylation sites is 1. The van der Waals surface area contributed by atoms with E-state index >= 15 is 0 Å². The third-order valence-electron chi connectivity index (χ3n) is 4.51. The number of aryl methyl sites for hydroxylation is 3. The molecule has 0 fully saturated rings. The summed E-state index contributed by atoms with van der Waals surface area (Å²) in [5, 5.41) is 9.40. The van der Waals surface area contributed by atoms with E-state index < -0.39 is 11.9 Å². The number of carboxylic acids is 1. The monoisotopic (exact) mass is 339 g/mol. The lowest BCUT2D eigenvalue weighted by atomic mass is 10.0. The van der Waals surface area contributed by atoms with Crippen LogP contribution in [0, 0.1) is 20.8 Å². The first-order chi connectivity index (χ1) is 11.9. The van der Waals surface area contributed by atoms with E-state index in [0.717, 1.165) is 16.7 Å². The van der Waals surface area contributed by atoms with Crippen molar-refractivity contribution in [2.45, 2.75) is 26.7 Å². The average Bonchev–Trinajstić information content (AvgIpc) is 2.93. The van der Waals surface area contributed by atoms with Crippen LogP contribution in [0.15, 0.2) is 36.4 Å². The van der Waals surface area contributed by atoms with Gasteiger partial charge >= 0.3 is 5.97 Å². The highest BCUT2D eigenvalue weighted by Gasteiger charge is 2.36. The Balaban J connectivity index is 1.78. The second-order valence-corrected chi connectivity index (χ2v) is 6.47. The van der Waals surface area contributed by atoms with Crippen molar-refractivity contribution < 1.29 is 19.4 Å². The van der Waals surface area contributed by atoms with Gasteiger partial charge in [0, 0.05) is 12.2 Å². The zero-order chi connectivity index (χ0) is 18.1. The van der Waals surface area contributed by atoms with E-state index in [4.69, 9.17) is 4.74 Å². The predicted molar refractivity (Wildman–Crippen MR) is 95.3 cm³/mol. The highest BCUT2D eigenvalue weighted by Crippen LogP contribution is 2.36. The number of rotatable bonds is 4. The van der Waals surface area contributed by atoms with Crippen molar-refractivity contribution in [1.82, 2.24) is 0 Å². The quantitative estimate of drug-likeness (QED) is 0.929. The van der Waals surface area contributed by atoms with Crippen molar-refractivity contribution >= 4 is 17.6 Å². The molecule has 1 unspecified atom stereocenters. The molecule has 1 N–H and O–H groups in total. The minimum absolute atomic E-state index is 0.120. The standard InChI is InChI=1S/C20H21NO4/c1-12-8-13(2)19(14(3)9-12)25-11-18(22)21-10-16(20(23)24)15-6-4-5-7-17(15)21/h4-9,16H,10-11H2,1-3H3,(H,23,24). The van der Waals surface area contributed by atoms with Gasteiger partial charge in [-0.3, -0.25) is 9.59 Å². The number of fused-ring (bicyclic) bond motifs is 1. The average molecular weight is 339 g/mol. The van der Waals surface area contributed by atoms with E-state index in [1.807, 2.05) is 32.9 Å². The summed E-state index contributed by atoms with van der Waals surface area (Å²) in [7, 11) is 0. The Bertz CT molecular complexity index is 820. The summed E-state index contributed by atoms with van der Waals surface area (Å²) in [5.41, 5.74) is 4.43. The second-order valence-electron chi connectivity index (χ2n) is 6.47.